The van der Waals surface area contributed by atoms with Gasteiger partial charge in [-0.15, -0.1) is 6.42 Å². The average Bonchev–Trinajstić information content (AvgIpc) is 2.35. The molecule has 0 saturated carbocycles. The van der Waals surface area contributed by atoms with Gasteiger partial charge >= 0.3 is 0 Å². The predicted molar refractivity (Wildman–Crippen MR) is 78.4 cm³/mol. The van der Waals surface area contributed by atoms with Crippen molar-refractivity contribution in [2.75, 3.05) is 37.1 Å². The molecule has 0 bridgehead atoms. The Morgan fingerprint density at radius 3 is 2.74 bits per heavy atom. The van der Waals surface area contributed by atoms with E-state index in [2.05, 4.69) is 5.92 Å². The van der Waals surface area contributed by atoms with E-state index in [1.54, 1.807) is 0 Å². The van der Waals surface area contributed by atoms with E-state index in [9.17, 15) is 8.42 Å². The molecular weight excluding hydrogens is 262 g/mol. The van der Waals surface area contributed by atoms with Crippen LogP contribution in [0.25, 0.3) is 0 Å². The Hall–Kier alpha value is -1.67. The third kappa shape index (κ3) is 5.66. The molecule has 1 aromatic carbocycles. The van der Waals surface area contributed by atoms with Crippen LogP contribution in [0.15, 0.2) is 24.3 Å². The number of rotatable bonds is 7. The first-order valence-corrected chi connectivity index (χ1v) is 7.81. The van der Waals surface area contributed by atoms with Crippen molar-refractivity contribution in [2.24, 2.45) is 0 Å². The number of ether oxygens (including phenoxy) is 1. The van der Waals surface area contributed by atoms with E-state index in [-0.39, 0.29) is 11.5 Å². The number of nitrogens with zero attached hydrogens (tertiary/aromatic N) is 1. The van der Waals surface area contributed by atoms with Gasteiger partial charge in [-0.3, -0.25) is 0 Å². The van der Waals surface area contributed by atoms with Crippen LogP contribution in [0.2, 0.25) is 0 Å². The Balaban J connectivity index is 2.42. The first kappa shape index (κ1) is 15.4. The third-order valence-corrected chi connectivity index (χ3v) is 4.02. The van der Waals surface area contributed by atoms with Crippen molar-refractivity contribution < 1.29 is 13.2 Å². The Morgan fingerprint density at radius 2 is 2.11 bits per heavy atom. The van der Waals surface area contributed by atoms with Crippen LogP contribution in [0, 0.1) is 12.3 Å². The van der Waals surface area contributed by atoms with Crippen molar-refractivity contribution in [3.8, 4) is 18.1 Å². The standard InChI is InChI=1S/C14H19NO3S/c1-4-10-19(16,17)11-6-9-18-14-8-5-7-13(12-14)15(2)3/h1,5,7-8,12H,6,9-11H2,2-3H3. The quantitative estimate of drug-likeness (QED) is 0.562. The molecule has 0 amide bonds. The van der Waals surface area contributed by atoms with Crippen LogP contribution >= 0.6 is 0 Å². The van der Waals surface area contributed by atoms with Crippen molar-refractivity contribution in [3.63, 3.8) is 0 Å². The van der Waals surface area contributed by atoms with Gasteiger partial charge in [0.15, 0.2) is 9.84 Å². The zero-order valence-electron chi connectivity index (χ0n) is 11.3. The second kappa shape index (κ2) is 7.05. The summed E-state index contributed by atoms with van der Waals surface area (Å²) in [6, 6.07) is 7.64. The van der Waals surface area contributed by atoms with E-state index < -0.39 is 9.84 Å². The number of terminal acetylenes is 1. The summed E-state index contributed by atoms with van der Waals surface area (Å²) in [4.78, 5) is 1.98. The molecule has 4 nitrogen and oxygen atoms in total. The van der Waals surface area contributed by atoms with Gasteiger partial charge in [0, 0.05) is 25.8 Å². The molecule has 0 aliphatic heterocycles. The van der Waals surface area contributed by atoms with E-state index in [0.717, 1.165) is 11.4 Å². The van der Waals surface area contributed by atoms with Crippen molar-refractivity contribution in [1.82, 2.24) is 0 Å². The van der Waals surface area contributed by atoms with E-state index in [0.29, 0.717) is 13.0 Å². The third-order valence-electron chi connectivity index (χ3n) is 2.51. The van der Waals surface area contributed by atoms with Crippen molar-refractivity contribution in [3.05, 3.63) is 24.3 Å². The Kier molecular flexibility index (Phi) is 5.71. The minimum Gasteiger partial charge on any atom is -0.493 e. The topological polar surface area (TPSA) is 46.6 Å². The zero-order chi connectivity index (χ0) is 14.3. The second-order valence-electron chi connectivity index (χ2n) is 4.39. The summed E-state index contributed by atoms with van der Waals surface area (Å²) in [6.45, 7) is 0.362. The lowest BCUT2D eigenvalue weighted by Gasteiger charge is -2.14. The van der Waals surface area contributed by atoms with Gasteiger partial charge in [-0.25, -0.2) is 8.42 Å². The van der Waals surface area contributed by atoms with Crippen molar-refractivity contribution in [1.29, 1.82) is 0 Å². The monoisotopic (exact) mass is 281 g/mol. The molecular formula is C14H19NO3S. The average molecular weight is 281 g/mol. The first-order valence-electron chi connectivity index (χ1n) is 5.99. The van der Waals surface area contributed by atoms with Crippen molar-refractivity contribution >= 4 is 15.5 Å². The SMILES string of the molecule is C#CCS(=O)(=O)CCCOc1cccc(N(C)C)c1. The molecule has 0 spiro atoms. The molecule has 0 saturated heterocycles. The largest absolute Gasteiger partial charge is 0.493 e. The molecule has 0 radical (unpaired) electrons. The van der Waals surface area contributed by atoms with Crippen molar-refractivity contribution in [2.45, 2.75) is 6.42 Å². The zero-order valence-corrected chi connectivity index (χ0v) is 12.1. The first-order chi connectivity index (χ1) is 8.94. The smallest absolute Gasteiger partial charge is 0.161 e. The number of benzene rings is 1. The molecule has 0 heterocycles. The molecule has 0 N–H and O–H groups in total. The van der Waals surface area contributed by atoms with Crippen LogP contribution in [-0.4, -0.2) is 40.6 Å². The lowest BCUT2D eigenvalue weighted by Crippen LogP contribution is -2.13. The Bertz CT molecular complexity index is 544. The summed E-state index contributed by atoms with van der Waals surface area (Å²) in [7, 11) is 0.768. The highest BCUT2D eigenvalue weighted by atomic mass is 32.2. The van der Waals surface area contributed by atoms with Gasteiger partial charge in [0.05, 0.1) is 12.4 Å². The minimum absolute atomic E-state index is 0.0601. The lowest BCUT2D eigenvalue weighted by atomic mass is 10.3. The molecule has 0 aliphatic carbocycles. The lowest BCUT2D eigenvalue weighted by molar-refractivity contribution is 0.318. The summed E-state index contributed by atoms with van der Waals surface area (Å²) < 4.78 is 28.3. The maximum atomic E-state index is 11.4. The van der Waals surface area contributed by atoms with Gasteiger partial charge in [-0.2, -0.15) is 0 Å². The Labute approximate surface area is 115 Å². The van der Waals surface area contributed by atoms with Crippen LogP contribution < -0.4 is 9.64 Å². The highest BCUT2D eigenvalue weighted by molar-refractivity contribution is 7.91. The van der Waals surface area contributed by atoms with Crippen LogP contribution in [0.5, 0.6) is 5.75 Å². The molecule has 0 aromatic heterocycles. The molecule has 5 heteroatoms. The molecule has 104 valence electrons. The van der Waals surface area contributed by atoms with Crippen LogP contribution in [0.4, 0.5) is 5.69 Å². The summed E-state index contributed by atoms with van der Waals surface area (Å²) in [5.74, 6) is 2.74. The fraction of sp³-hybridized carbons (Fsp3) is 0.429. The fourth-order valence-corrected chi connectivity index (χ4v) is 2.48. The van der Waals surface area contributed by atoms with Gasteiger partial charge in [-0.1, -0.05) is 12.0 Å². The highest BCUT2D eigenvalue weighted by Gasteiger charge is 2.08. The number of anilines is 1. The van der Waals surface area contributed by atoms with Gasteiger partial charge < -0.3 is 9.64 Å². The minimum atomic E-state index is -3.13. The van der Waals surface area contributed by atoms with Gasteiger partial charge in [0.25, 0.3) is 0 Å². The van der Waals surface area contributed by atoms with E-state index in [1.807, 2.05) is 43.3 Å². The number of sulfone groups is 1. The number of hydrogen-bond acceptors (Lipinski definition) is 4. The molecule has 1 aromatic rings. The van der Waals surface area contributed by atoms with Gasteiger partial charge in [0.1, 0.15) is 11.5 Å². The summed E-state index contributed by atoms with van der Waals surface area (Å²) >= 11 is 0. The molecule has 19 heavy (non-hydrogen) atoms. The fourth-order valence-electron chi connectivity index (χ4n) is 1.52. The molecule has 0 unspecified atom stereocenters. The van der Waals surface area contributed by atoms with Gasteiger partial charge in [-0.05, 0) is 18.6 Å². The van der Waals surface area contributed by atoms with E-state index in [4.69, 9.17) is 11.2 Å². The van der Waals surface area contributed by atoms with Crippen LogP contribution in [0.1, 0.15) is 6.42 Å². The van der Waals surface area contributed by atoms with Crippen LogP contribution in [-0.2, 0) is 9.84 Å². The maximum Gasteiger partial charge on any atom is 0.161 e. The molecule has 0 aliphatic rings. The second-order valence-corrected chi connectivity index (χ2v) is 6.57. The normalized spacial score (nSPS) is 10.8. The van der Waals surface area contributed by atoms with Gasteiger partial charge in [0.2, 0.25) is 0 Å². The summed E-state index contributed by atoms with van der Waals surface area (Å²) in [5.41, 5.74) is 1.04. The molecule has 0 fully saturated rings. The summed E-state index contributed by atoms with van der Waals surface area (Å²) in [6.07, 6.45) is 5.43. The number of hydrogen-bond donors (Lipinski definition) is 0. The van der Waals surface area contributed by atoms with E-state index >= 15 is 0 Å². The highest BCUT2D eigenvalue weighted by Crippen LogP contribution is 2.19. The summed E-state index contributed by atoms with van der Waals surface area (Å²) in [5, 5.41) is 0. The van der Waals surface area contributed by atoms with Crippen LogP contribution in [0.3, 0.4) is 0 Å². The molecule has 0 atom stereocenters. The predicted octanol–water partition coefficient (Wildman–Crippen LogP) is 1.57. The molecule has 1 rings (SSSR count). The maximum absolute atomic E-state index is 11.4. The Morgan fingerprint density at radius 1 is 1.37 bits per heavy atom. The van der Waals surface area contributed by atoms with E-state index in [1.165, 1.54) is 0 Å².